The fourth-order valence-electron chi connectivity index (χ4n) is 4.17. The van der Waals surface area contributed by atoms with Gasteiger partial charge in [-0.2, -0.15) is 0 Å². The van der Waals surface area contributed by atoms with Gasteiger partial charge in [-0.05, 0) is 76.6 Å². The summed E-state index contributed by atoms with van der Waals surface area (Å²) in [5, 5.41) is 0. The second kappa shape index (κ2) is 10.3. The molecule has 0 spiro atoms. The number of aryl methyl sites for hydroxylation is 6. The summed E-state index contributed by atoms with van der Waals surface area (Å²) in [6.45, 7) is 11.7. The number of nitrogens with one attached hydrogen (secondary N) is 2. The number of rotatable bonds is 10. The highest BCUT2D eigenvalue weighted by atomic mass is 32.2. The second-order valence-electron chi connectivity index (χ2n) is 8.31. The summed E-state index contributed by atoms with van der Waals surface area (Å²) in [6, 6.07) is 7.46. The van der Waals surface area contributed by atoms with Crippen LogP contribution in [0.1, 0.15) is 52.6 Å². The largest absolute Gasteiger partial charge is 0.241 e. The van der Waals surface area contributed by atoms with E-state index in [9.17, 15) is 16.8 Å². The van der Waals surface area contributed by atoms with E-state index >= 15 is 0 Å². The molecule has 0 atom stereocenters. The van der Waals surface area contributed by atoms with E-state index in [0.717, 1.165) is 33.4 Å². The van der Waals surface area contributed by atoms with Crippen LogP contribution < -0.4 is 9.44 Å². The van der Waals surface area contributed by atoms with E-state index in [0.29, 0.717) is 42.1 Å². The van der Waals surface area contributed by atoms with Crippen molar-refractivity contribution in [3.63, 3.8) is 0 Å². The van der Waals surface area contributed by atoms with Gasteiger partial charge in [-0.1, -0.05) is 41.8 Å². The number of sulfonamides is 2. The van der Waals surface area contributed by atoms with Crippen molar-refractivity contribution in [3.8, 4) is 0 Å². The van der Waals surface area contributed by atoms with Gasteiger partial charge in [-0.3, -0.25) is 0 Å². The zero-order chi connectivity index (χ0) is 23.4. The van der Waals surface area contributed by atoms with Crippen LogP contribution in [-0.2, 0) is 20.0 Å². The minimum absolute atomic E-state index is 0.317. The maximum Gasteiger partial charge on any atom is 0.241 e. The molecule has 0 aliphatic carbocycles. The van der Waals surface area contributed by atoms with Crippen molar-refractivity contribution in [1.29, 1.82) is 0 Å². The fraction of sp³-hybridized carbons (Fsp3) is 0.478. The van der Waals surface area contributed by atoms with Gasteiger partial charge in [0.05, 0.1) is 9.79 Å². The molecule has 6 nitrogen and oxygen atoms in total. The standard InChI is InChI=1S/C23H34N2O4S2/c1-16-12-18(3)22(19(4)13-16)30(26,27)24-10-8-7-9-11-25-31(28,29)23-20(5)14-17(2)15-21(23)6/h12-15,24-25H,7-11H2,1-6H3. The summed E-state index contributed by atoms with van der Waals surface area (Å²) in [6.07, 6.45) is 1.98. The molecule has 0 amide bonds. The number of unbranched alkanes of at least 4 members (excludes halogenated alkanes) is 2. The SMILES string of the molecule is Cc1cc(C)c(S(=O)(=O)NCCCCCNS(=O)(=O)c2c(C)cc(C)cc2C)c(C)c1. The predicted molar refractivity (Wildman–Crippen MR) is 126 cm³/mol. The topological polar surface area (TPSA) is 92.3 Å². The van der Waals surface area contributed by atoms with Crippen LogP contribution in [0.4, 0.5) is 0 Å². The Balaban J connectivity index is 1.83. The molecule has 0 aliphatic rings. The minimum Gasteiger partial charge on any atom is -0.211 e. The van der Waals surface area contributed by atoms with Crippen molar-refractivity contribution in [2.45, 2.75) is 70.6 Å². The van der Waals surface area contributed by atoms with Crippen LogP contribution in [0.3, 0.4) is 0 Å². The lowest BCUT2D eigenvalue weighted by molar-refractivity contribution is 0.567. The van der Waals surface area contributed by atoms with Gasteiger partial charge in [-0.25, -0.2) is 26.3 Å². The molecular formula is C23H34N2O4S2. The van der Waals surface area contributed by atoms with Crippen LogP contribution in [0.15, 0.2) is 34.1 Å². The molecule has 2 aromatic carbocycles. The first-order valence-electron chi connectivity index (χ1n) is 10.5. The van der Waals surface area contributed by atoms with Gasteiger partial charge in [0.1, 0.15) is 0 Å². The summed E-state index contributed by atoms with van der Waals surface area (Å²) < 4.78 is 55.9. The Kier molecular flexibility index (Phi) is 8.44. The lowest BCUT2D eigenvalue weighted by Crippen LogP contribution is -2.27. The first-order valence-corrected chi connectivity index (χ1v) is 13.5. The average Bonchev–Trinajstić information content (AvgIpc) is 2.58. The van der Waals surface area contributed by atoms with E-state index < -0.39 is 20.0 Å². The zero-order valence-electron chi connectivity index (χ0n) is 19.3. The molecule has 0 saturated heterocycles. The van der Waals surface area contributed by atoms with Crippen LogP contribution in [0, 0.1) is 41.5 Å². The third-order valence-electron chi connectivity index (χ3n) is 5.18. The summed E-state index contributed by atoms with van der Waals surface area (Å²) >= 11 is 0. The van der Waals surface area contributed by atoms with Crippen LogP contribution in [0.2, 0.25) is 0 Å². The highest BCUT2D eigenvalue weighted by Crippen LogP contribution is 2.22. The van der Waals surface area contributed by atoms with Crippen molar-refractivity contribution < 1.29 is 16.8 Å². The molecule has 0 unspecified atom stereocenters. The molecule has 0 saturated carbocycles. The Labute approximate surface area is 187 Å². The van der Waals surface area contributed by atoms with Crippen molar-refractivity contribution in [2.75, 3.05) is 13.1 Å². The molecule has 0 fully saturated rings. The van der Waals surface area contributed by atoms with Crippen molar-refractivity contribution >= 4 is 20.0 Å². The Bertz CT molecular complexity index is 1020. The van der Waals surface area contributed by atoms with E-state index in [1.807, 2.05) is 38.1 Å². The smallest absolute Gasteiger partial charge is 0.211 e. The van der Waals surface area contributed by atoms with Crippen molar-refractivity contribution in [1.82, 2.24) is 9.44 Å². The summed E-state index contributed by atoms with van der Waals surface area (Å²) in [4.78, 5) is 0.685. The first-order chi connectivity index (χ1) is 14.3. The van der Waals surface area contributed by atoms with Crippen LogP contribution >= 0.6 is 0 Å². The van der Waals surface area contributed by atoms with Gasteiger partial charge in [0, 0.05) is 13.1 Å². The summed E-state index contributed by atoms with van der Waals surface area (Å²) in [7, 11) is -7.13. The molecule has 8 heteroatoms. The average molecular weight is 467 g/mol. The van der Waals surface area contributed by atoms with E-state index in [1.54, 1.807) is 27.7 Å². The van der Waals surface area contributed by atoms with Gasteiger partial charge >= 0.3 is 0 Å². The van der Waals surface area contributed by atoms with Gasteiger partial charge in [0.25, 0.3) is 0 Å². The van der Waals surface area contributed by atoms with Crippen LogP contribution in [0.5, 0.6) is 0 Å². The number of benzene rings is 2. The maximum absolute atomic E-state index is 12.6. The Morgan fingerprint density at radius 3 is 1.13 bits per heavy atom. The number of hydrogen-bond donors (Lipinski definition) is 2. The Morgan fingerprint density at radius 1 is 0.548 bits per heavy atom. The highest BCUT2D eigenvalue weighted by Gasteiger charge is 2.20. The van der Waals surface area contributed by atoms with E-state index in [4.69, 9.17) is 0 Å². The molecule has 2 N–H and O–H groups in total. The normalized spacial score (nSPS) is 12.3. The summed E-state index contributed by atoms with van der Waals surface area (Å²) in [5.74, 6) is 0. The molecule has 0 aromatic heterocycles. The first kappa shape index (κ1) is 25.5. The van der Waals surface area contributed by atoms with Gasteiger partial charge in [0.15, 0.2) is 0 Å². The highest BCUT2D eigenvalue weighted by molar-refractivity contribution is 7.89. The van der Waals surface area contributed by atoms with E-state index in [2.05, 4.69) is 9.44 Å². The van der Waals surface area contributed by atoms with E-state index in [1.165, 1.54) is 0 Å². The molecule has 0 bridgehead atoms. The van der Waals surface area contributed by atoms with E-state index in [-0.39, 0.29) is 0 Å². The molecule has 0 heterocycles. The molecule has 31 heavy (non-hydrogen) atoms. The van der Waals surface area contributed by atoms with Crippen molar-refractivity contribution in [3.05, 3.63) is 57.6 Å². The predicted octanol–water partition coefficient (Wildman–Crippen LogP) is 3.96. The van der Waals surface area contributed by atoms with Crippen LogP contribution in [0.25, 0.3) is 0 Å². The lowest BCUT2D eigenvalue weighted by atomic mass is 10.1. The van der Waals surface area contributed by atoms with Crippen LogP contribution in [-0.4, -0.2) is 29.9 Å². The molecular weight excluding hydrogens is 432 g/mol. The fourth-order valence-corrected chi connectivity index (χ4v) is 7.21. The Morgan fingerprint density at radius 2 is 0.839 bits per heavy atom. The van der Waals surface area contributed by atoms with Gasteiger partial charge < -0.3 is 0 Å². The Hall–Kier alpha value is -1.74. The molecule has 2 rings (SSSR count). The monoisotopic (exact) mass is 466 g/mol. The number of hydrogen-bond acceptors (Lipinski definition) is 4. The van der Waals surface area contributed by atoms with Crippen molar-refractivity contribution in [2.24, 2.45) is 0 Å². The maximum atomic E-state index is 12.6. The quantitative estimate of drug-likeness (QED) is 0.518. The second-order valence-corrected chi connectivity index (χ2v) is 11.7. The minimum atomic E-state index is -3.57. The third-order valence-corrected chi connectivity index (χ3v) is 8.72. The molecule has 172 valence electrons. The third kappa shape index (κ3) is 6.62. The molecule has 0 aliphatic heterocycles. The van der Waals surface area contributed by atoms with Gasteiger partial charge in [0.2, 0.25) is 20.0 Å². The summed E-state index contributed by atoms with van der Waals surface area (Å²) in [5.41, 5.74) is 5.02. The van der Waals surface area contributed by atoms with Gasteiger partial charge in [-0.15, -0.1) is 0 Å². The molecule has 2 aromatic rings. The zero-order valence-corrected chi connectivity index (χ0v) is 20.9. The lowest BCUT2D eigenvalue weighted by Gasteiger charge is -2.14. The molecule has 0 radical (unpaired) electrons.